The molecule has 12 heteroatoms. The summed E-state index contributed by atoms with van der Waals surface area (Å²) in [5, 5.41) is 3.09. The third-order valence-corrected chi connectivity index (χ3v) is 9.30. The molecule has 0 radical (unpaired) electrons. The fourth-order valence-electron chi connectivity index (χ4n) is 3.21. The lowest BCUT2D eigenvalue weighted by molar-refractivity contribution is -0.274. The highest BCUT2D eigenvalue weighted by atomic mass is 32.2. The average molecular weight is 490 g/mol. The number of aromatic nitrogens is 1. The predicted octanol–water partition coefficient (Wildman–Crippen LogP) is 5.23. The van der Waals surface area contributed by atoms with Crippen molar-refractivity contribution in [1.82, 2.24) is 4.98 Å². The van der Waals surface area contributed by atoms with Crippen LogP contribution in [0.1, 0.15) is 19.0 Å². The van der Waals surface area contributed by atoms with Gasteiger partial charge in [0.2, 0.25) is 0 Å². The Hall–Kier alpha value is -2.18. The second-order valence-corrected chi connectivity index (χ2v) is 11.3. The fourth-order valence-corrected chi connectivity index (χ4v) is 6.58. The third kappa shape index (κ3) is 4.41. The van der Waals surface area contributed by atoms with Crippen molar-refractivity contribution in [2.75, 3.05) is 17.9 Å². The summed E-state index contributed by atoms with van der Waals surface area (Å²) in [7, 11) is -2.66. The van der Waals surface area contributed by atoms with Crippen LogP contribution in [0.2, 0.25) is 0 Å². The first-order chi connectivity index (χ1) is 14.6. The van der Waals surface area contributed by atoms with Crippen LogP contribution in [0.25, 0.3) is 10.9 Å². The molecule has 1 aromatic carbocycles. The van der Waals surface area contributed by atoms with Crippen molar-refractivity contribution in [1.29, 1.82) is 0 Å². The van der Waals surface area contributed by atoms with E-state index in [2.05, 4.69) is 21.6 Å². The summed E-state index contributed by atoms with van der Waals surface area (Å²) in [6.45, 7) is 2.72. The van der Waals surface area contributed by atoms with Gasteiger partial charge in [0, 0.05) is 23.8 Å². The van der Waals surface area contributed by atoms with Crippen LogP contribution in [0.4, 0.5) is 18.9 Å². The molecule has 0 saturated carbocycles. The van der Waals surface area contributed by atoms with Gasteiger partial charge in [0.25, 0.3) is 10.0 Å². The molecule has 1 unspecified atom stereocenters. The van der Waals surface area contributed by atoms with E-state index in [9.17, 15) is 21.6 Å². The Balaban J connectivity index is 1.83. The molecule has 1 atom stereocenters. The highest BCUT2D eigenvalue weighted by Gasteiger charge is 2.33. The number of aliphatic imine (C=N–C) groups is 1. The maximum Gasteiger partial charge on any atom is 0.573 e. The lowest BCUT2D eigenvalue weighted by Crippen LogP contribution is -2.26. The molecule has 1 N–H and O–H groups in total. The van der Waals surface area contributed by atoms with Crippen molar-refractivity contribution in [3.63, 3.8) is 0 Å². The second kappa shape index (κ2) is 8.06. The van der Waals surface area contributed by atoms with Crippen LogP contribution in [0.5, 0.6) is 5.75 Å². The van der Waals surface area contributed by atoms with E-state index in [1.54, 1.807) is 29.3 Å². The van der Waals surface area contributed by atoms with Gasteiger partial charge in [0.05, 0.1) is 23.4 Å². The summed E-state index contributed by atoms with van der Waals surface area (Å²) >= 11 is 2.62. The first kappa shape index (κ1) is 22.0. The number of aromatic amines is 1. The topological polar surface area (TPSA) is 74.8 Å². The number of H-pyrrole nitrogens is 1. The van der Waals surface area contributed by atoms with Crippen LogP contribution in [0, 0.1) is 0 Å². The molecule has 2 aromatic heterocycles. The molecule has 0 bridgehead atoms. The van der Waals surface area contributed by atoms with Gasteiger partial charge in [0.1, 0.15) is 15.0 Å². The van der Waals surface area contributed by atoms with Crippen LogP contribution >= 0.6 is 23.1 Å². The number of rotatable bonds is 6. The quantitative estimate of drug-likeness (QED) is 0.515. The van der Waals surface area contributed by atoms with E-state index in [1.165, 1.54) is 19.2 Å². The molecular formula is C19H18F3N3O3S3. The number of alkyl halides is 3. The third-order valence-electron chi connectivity index (χ3n) is 4.77. The first-order valence-corrected chi connectivity index (χ1v) is 12.4. The van der Waals surface area contributed by atoms with Crippen molar-refractivity contribution in [2.45, 2.75) is 29.2 Å². The number of fused-ring (bicyclic) bond motifs is 1. The Labute approximate surface area is 185 Å². The standard InChI is InChI=1S/C19H18F3N3O3S3/c1-3-13-10-23-18(30-13)14-8-11-7-12(28-19(20,21)22)9-15(17(11)24-14)25(2)31(26,27)16-5-4-6-29-16/h4-9,13,24H,3,10H2,1-2H3. The van der Waals surface area contributed by atoms with E-state index in [0.717, 1.165) is 33.2 Å². The van der Waals surface area contributed by atoms with Crippen LogP contribution in [0.3, 0.4) is 0 Å². The highest BCUT2D eigenvalue weighted by molar-refractivity contribution is 8.15. The highest BCUT2D eigenvalue weighted by Crippen LogP contribution is 2.38. The Morgan fingerprint density at radius 3 is 2.71 bits per heavy atom. The molecule has 0 amide bonds. The number of thiophene rings is 1. The molecule has 31 heavy (non-hydrogen) atoms. The van der Waals surface area contributed by atoms with Gasteiger partial charge >= 0.3 is 6.36 Å². The molecule has 0 fully saturated rings. The molecule has 3 heterocycles. The van der Waals surface area contributed by atoms with Crippen molar-refractivity contribution in [3.05, 3.63) is 41.4 Å². The Morgan fingerprint density at radius 1 is 1.32 bits per heavy atom. The molecule has 1 aliphatic rings. The molecular weight excluding hydrogens is 471 g/mol. The van der Waals surface area contributed by atoms with Crippen LogP contribution in [0.15, 0.2) is 44.9 Å². The number of halogens is 3. The van der Waals surface area contributed by atoms with Crippen molar-refractivity contribution in [3.8, 4) is 5.75 Å². The summed E-state index contributed by atoms with van der Waals surface area (Å²) in [6, 6.07) is 7.00. The van der Waals surface area contributed by atoms with E-state index in [0.29, 0.717) is 28.4 Å². The van der Waals surface area contributed by atoms with Gasteiger partial charge in [-0.2, -0.15) is 0 Å². The maximum atomic E-state index is 13.0. The zero-order chi connectivity index (χ0) is 22.4. The average Bonchev–Trinajstić information content (AvgIpc) is 3.44. The number of sulfonamides is 1. The molecule has 6 nitrogen and oxygen atoms in total. The van der Waals surface area contributed by atoms with E-state index in [4.69, 9.17) is 0 Å². The van der Waals surface area contributed by atoms with Crippen molar-refractivity contribution < 1.29 is 26.3 Å². The second-order valence-electron chi connectivity index (χ2n) is 6.84. The molecule has 0 aliphatic carbocycles. The number of anilines is 1. The Morgan fingerprint density at radius 2 is 2.10 bits per heavy atom. The number of benzene rings is 1. The van der Waals surface area contributed by atoms with E-state index in [-0.39, 0.29) is 9.90 Å². The van der Waals surface area contributed by atoms with Gasteiger partial charge in [-0.1, -0.05) is 24.8 Å². The number of nitrogens with zero attached hydrogens (tertiary/aromatic N) is 2. The van der Waals surface area contributed by atoms with Crippen LogP contribution in [-0.2, 0) is 10.0 Å². The van der Waals surface area contributed by atoms with Gasteiger partial charge in [-0.15, -0.1) is 24.5 Å². The van der Waals surface area contributed by atoms with E-state index >= 15 is 0 Å². The molecule has 4 rings (SSSR count). The minimum absolute atomic E-state index is 0.0482. The number of ether oxygens (including phenoxy) is 1. The fraction of sp³-hybridized carbons (Fsp3) is 0.316. The van der Waals surface area contributed by atoms with Gasteiger partial charge in [-0.25, -0.2) is 8.42 Å². The molecule has 3 aromatic rings. The van der Waals surface area contributed by atoms with Gasteiger partial charge in [0.15, 0.2) is 0 Å². The zero-order valence-corrected chi connectivity index (χ0v) is 18.9. The number of nitrogens with one attached hydrogen (secondary N) is 1. The smallest absolute Gasteiger partial charge is 0.406 e. The summed E-state index contributed by atoms with van der Waals surface area (Å²) in [5.74, 6) is -0.499. The van der Waals surface area contributed by atoms with Crippen molar-refractivity contribution in [2.24, 2.45) is 4.99 Å². The molecule has 0 spiro atoms. The van der Waals surface area contributed by atoms with E-state index in [1.807, 2.05) is 0 Å². The maximum absolute atomic E-state index is 13.0. The Kier molecular flexibility index (Phi) is 5.73. The molecule has 1 aliphatic heterocycles. The molecule has 0 saturated heterocycles. The van der Waals surface area contributed by atoms with Gasteiger partial charge in [-0.05, 0) is 30.0 Å². The summed E-state index contributed by atoms with van der Waals surface area (Å²) < 4.78 is 69.8. The number of thioether (sulfide) groups is 1. The van der Waals surface area contributed by atoms with Crippen LogP contribution in [-0.4, -0.2) is 43.7 Å². The zero-order valence-electron chi connectivity index (χ0n) is 16.4. The van der Waals surface area contributed by atoms with Gasteiger partial charge in [-0.3, -0.25) is 9.30 Å². The summed E-state index contributed by atoms with van der Waals surface area (Å²) in [6.07, 6.45) is -3.97. The van der Waals surface area contributed by atoms with E-state index < -0.39 is 22.1 Å². The minimum Gasteiger partial charge on any atom is -0.406 e. The number of hydrogen-bond donors (Lipinski definition) is 1. The largest absolute Gasteiger partial charge is 0.573 e. The number of hydrogen-bond acceptors (Lipinski definition) is 6. The van der Waals surface area contributed by atoms with Gasteiger partial charge < -0.3 is 9.72 Å². The van der Waals surface area contributed by atoms with Crippen molar-refractivity contribution >= 4 is 54.8 Å². The minimum atomic E-state index is -4.91. The van der Waals surface area contributed by atoms with Crippen LogP contribution < -0.4 is 9.04 Å². The monoisotopic (exact) mass is 489 g/mol. The normalized spacial score (nSPS) is 17.2. The lowest BCUT2D eigenvalue weighted by atomic mass is 10.2. The summed E-state index contributed by atoms with van der Waals surface area (Å²) in [5.41, 5.74) is 1.06. The predicted molar refractivity (Wildman–Crippen MR) is 118 cm³/mol. The first-order valence-electron chi connectivity index (χ1n) is 9.25. The molecule has 166 valence electrons. The SMILES string of the molecule is CCC1CN=C(c2cc3cc(OC(F)(F)F)cc(N(C)S(=O)(=O)c4cccs4)c3[nH]2)S1. The Bertz CT molecular complexity index is 1230. The lowest BCUT2D eigenvalue weighted by Gasteiger charge is -2.20. The summed E-state index contributed by atoms with van der Waals surface area (Å²) in [4.78, 5) is 7.65.